The molecule has 1 saturated heterocycles. The lowest BCUT2D eigenvalue weighted by Crippen LogP contribution is -2.43. The van der Waals surface area contributed by atoms with Crippen molar-refractivity contribution in [2.45, 2.75) is 25.5 Å². The molecule has 0 atom stereocenters. The Kier molecular flexibility index (Phi) is 5.33. The first-order valence-corrected chi connectivity index (χ1v) is 8.17. The van der Waals surface area contributed by atoms with Gasteiger partial charge in [-0.3, -0.25) is 4.79 Å². The summed E-state index contributed by atoms with van der Waals surface area (Å²) in [6, 6.07) is 6.37. The molecular weight excluding hydrogens is 330 g/mol. The summed E-state index contributed by atoms with van der Waals surface area (Å²) in [7, 11) is 2.06. The molecule has 2 heterocycles. The van der Waals surface area contributed by atoms with E-state index in [1.807, 2.05) is 0 Å². The average molecular weight is 350 g/mol. The molecule has 3 rings (SSSR count). The molecule has 0 bridgehead atoms. The van der Waals surface area contributed by atoms with Crippen LogP contribution in [0.25, 0.3) is 0 Å². The van der Waals surface area contributed by atoms with E-state index in [2.05, 4.69) is 17.3 Å². The predicted molar refractivity (Wildman–Crippen MR) is 87.4 cm³/mol. The van der Waals surface area contributed by atoms with Crippen molar-refractivity contribution in [1.82, 2.24) is 10.2 Å². The quantitative estimate of drug-likeness (QED) is 0.901. The van der Waals surface area contributed by atoms with E-state index < -0.39 is 11.6 Å². The Hall–Kier alpha value is -2.41. The Balaban J connectivity index is 1.54. The second kappa shape index (κ2) is 7.65. The van der Waals surface area contributed by atoms with Crippen LogP contribution in [0.5, 0.6) is 5.75 Å². The highest BCUT2D eigenvalue weighted by molar-refractivity contribution is 5.91. The number of carbonyl (C=O) groups is 1. The molecule has 1 aromatic heterocycles. The van der Waals surface area contributed by atoms with Crippen LogP contribution in [0, 0.1) is 11.6 Å². The van der Waals surface area contributed by atoms with Crippen molar-refractivity contribution in [2.24, 2.45) is 0 Å². The molecule has 0 aliphatic carbocycles. The standard InChI is InChI=1S/C18H20F2N2O3/c1-22-8-6-13(7-9-22)21-18(23)17-5-3-14(25-17)11-24-16-4-2-12(19)10-15(16)20/h2-5,10,13H,6-9,11H2,1H3,(H,21,23). The summed E-state index contributed by atoms with van der Waals surface area (Å²) in [5.74, 6) is -1.22. The number of benzene rings is 1. The van der Waals surface area contributed by atoms with Crippen LogP contribution in [-0.2, 0) is 6.61 Å². The van der Waals surface area contributed by atoms with Gasteiger partial charge in [-0.2, -0.15) is 0 Å². The van der Waals surface area contributed by atoms with E-state index in [1.165, 1.54) is 6.07 Å². The summed E-state index contributed by atoms with van der Waals surface area (Å²) >= 11 is 0. The monoisotopic (exact) mass is 350 g/mol. The van der Waals surface area contributed by atoms with E-state index in [4.69, 9.17) is 9.15 Å². The Bertz CT molecular complexity index is 740. The second-order valence-electron chi connectivity index (χ2n) is 6.18. The maximum atomic E-state index is 13.5. The number of likely N-dealkylation sites (tertiary alicyclic amines) is 1. The number of carbonyl (C=O) groups excluding carboxylic acids is 1. The van der Waals surface area contributed by atoms with Gasteiger partial charge in [0.15, 0.2) is 17.3 Å². The van der Waals surface area contributed by atoms with Crippen LogP contribution in [0.4, 0.5) is 8.78 Å². The summed E-state index contributed by atoms with van der Waals surface area (Å²) in [5.41, 5.74) is 0. The van der Waals surface area contributed by atoms with Gasteiger partial charge in [-0.1, -0.05) is 0 Å². The maximum Gasteiger partial charge on any atom is 0.287 e. The number of furan rings is 1. The molecule has 1 aliphatic heterocycles. The number of rotatable bonds is 5. The van der Waals surface area contributed by atoms with Crippen LogP contribution in [0.2, 0.25) is 0 Å². The van der Waals surface area contributed by atoms with Crippen molar-refractivity contribution >= 4 is 5.91 Å². The predicted octanol–water partition coefficient (Wildman–Crippen LogP) is 2.96. The van der Waals surface area contributed by atoms with Crippen molar-refractivity contribution in [1.29, 1.82) is 0 Å². The zero-order chi connectivity index (χ0) is 17.8. The van der Waals surface area contributed by atoms with Gasteiger partial charge in [0.1, 0.15) is 18.2 Å². The first-order valence-electron chi connectivity index (χ1n) is 8.17. The fraction of sp³-hybridized carbons (Fsp3) is 0.389. The third-order valence-corrected chi connectivity index (χ3v) is 4.20. The fourth-order valence-electron chi connectivity index (χ4n) is 2.73. The number of halogens is 2. The van der Waals surface area contributed by atoms with E-state index in [0.29, 0.717) is 5.76 Å². The molecule has 134 valence electrons. The average Bonchev–Trinajstić information content (AvgIpc) is 3.05. The normalized spacial score (nSPS) is 16.0. The third-order valence-electron chi connectivity index (χ3n) is 4.20. The number of hydrogen-bond acceptors (Lipinski definition) is 4. The van der Waals surface area contributed by atoms with Crippen LogP contribution >= 0.6 is 0 Å². The van der Waals surface area contributed by atoms with Gasteiger partial charge in [0.2, 0.25) is 0 Å². The summed E-state index contributed by atoms with van der Waals surface area (Å²) in [6.45, 7) is 1.85. The summed E-state index contributed by atoms with van der Waals surface area (Å²) in [5, 5.41) is 2.96. The number of piperidine rings is 1. The van der Waals surface area contributed by atoms with Crippen LogP contribution in [-0.4, -0.2) is 37.0 Å². The van der Waals surface area contributed by atoms with Crippen LogP contribution in [0.3, 0.4) is 0 Å². The number of nitrogens with zero attached hydrogens (tertiary/aromatic N) is 1. The van der Waals surface area contributed by atoms with E-state index in [-0.39, 0.29) is 30.1 Å². The molecule has 1 amide bonds. The van der Waals surface area contributed by atoms with Gasteiger partial charge in [0.05, 0.1) is 0 Å². The lowest BCUT2D eigenvalue weighted by atomic mass is 10.1. The molecule has 0 saturated carbocycles. The van der Waals surface area contributed by atoms with Gasteiger partial charge in [-0.05, 0) is 57.2 Å². The SMILES string of the molecule is CN1CCC(NC(=O)c2ccc(COc3ccc(F)cc3F)o2)CC1. The zero-order valence-electron chi connectivity index (χ0n) is 13.9. The molecule has 7 heteroatoms. The molecule has 0 unspecified atom stereocenters. The highest BCUT2D eigenvalue weighted by atomic mass is 19.1. The van der Waals surface area contributed by atoms with Crippen LogP contribution in [0.1, 0.15) is 29.2 Å². The Morgan fingerprint density at radius 3 is 2.76 bits per heavy atom. The maximum absolute atomic E-state index is 13.5. The van der Waals surface area contributed by atoms with Crippen molar-refractivity contribution in [2.75, 3.05) is 20.1 Å². The lowest BCUT2D eigenvalue weighted by molar-refractivity contribution is 0.0884. The molecule has 0 radical (unpaired) electrons. The first kappa shape index (κ1) is 17.4. The molecular formula is C18H20F2N2O3. The van der Waals surface area contributed by atoms with Gasteiger partial charge in [0, 0.05) is 12.1 Å². The number of hydrogen-bond donors (Lipinski definition) is 1. The van der Waals surface area contributed by atoms with E-state index in [1.54, 1.807) is 12.1 Å². The summed E-state index contributed by atoms with van der Waals surface area (Å²) in [4.78, 5) is 14.4. The molecule has 2 aromatic rings. The number of ether oxygens (including phenoxy) is 1. The Morgan fingerprint density at radius 2 is 2.04 bits per heavy atom. The van der Waals surface area contributed by atoms with Gasteiger partial charge < -0.3 is 19.4 Å². The van der Waals surface area contributed by atoms with E-state index in [0.717, 1.165) is 38.1 Å². The van der Waals surface area contributed by atoms with Crippen molar-refractivity contribution in [3.8, 4) is 5.75 Å². The van der Waals surface area contributed by atoms with Crippen LogP contribution < -0.4 is 10.1 Å². The Labute approximate surface area is 144 Å². The van der Waals surface area contributed by atoms with Gasteiger partial charge in [-0.15, -0.1) is 0 Å². The second-order valence-corrected chi connectivity index (χ2v) is 6.18. The fourth-order valence-corrected chi connectivity index (χ4v) is 2.73. The van der Waals surface area contributed by atoms with Crippen LogP contribution in [0.15, 0.2) is 34.7 Å². The highest BCUT2D eigenvalue weighted by Gasteiger charge is 2.20. The minimum Gasteiger partial charge on any atom is -0.483 e. The topological polar surface area (TPSA) is 54.7 Å². The molecule has 5 nitrogen and oxygen atoms in total. The zero-order valence-corrected chi connectivity index (χ0v) is 13.9. The third kappa shape index (κ3) is 4.57. The summed E-state index contributed by atoms with van der Waals surface area (Å²) in [6.07, 6.45) is 1.81. The van der Waals surface area contributed by atoms with E-state index in [9.17, 15) is 13.6 Å². The minimum atomic E-state index is -0.785. The number of amides is 1. The summed E-state index contributed by atoms with van der Waals surface area (Å²) < 4.78 is 37.1. The smallest absolute Gasteiger partial charge is 0.287 e. The highest BCUT2D eigenvalue weighted by Crippen LogP contribution is 2.20. The number of nitrogens with one attached hydrogen (secondary N) is 1. The van der Waals surface area contributed by atoms with Crippen molar-refractivity contribution in [3.63, 3.8) is 0 Å². The molecule has 25 heavy (non-hydrogen) atoms. The largest absolute Gasteiger partial charge is 0.483 e. The molecule has 0 spiro atoms. The molecule has 1 N–H and O–H groups in total. The van der Waals surface area contributed by atoms with E-state index >= 15 is 0 Å². The van der Waals surface area contributed by atoms with Crippen molar-refractivity contribution < 1.29 is 22.7 Å². The van der Waals surface area contributed by atoms with Gasteiger partial charge in [0.25, 0.3) is 5.91 Å². The molecule has 1 aliphatic rings. The van der Waals surface area contributed by atoms with Gasteiger partial charge in [-0.25, -0.2) is 8.78 Å². The lowest BCUT2D eigenvalue weighted by Gasteiger charge is -2.29. The molecule has 1 aromatic carbocycles. The molecule has 1 fully saturated rings. The Morgan fingerprint density at radius 1 is 1.28 bits per heavy atom. The van der Waals surface area contributed by atoms with Crippen molar-refractivity contribution in [3.05, 3.63) is 53.5 Å². The van der Waals surface area contributed by atoms with Gasteiger partial charge >= 0.3 is 0 Å². The minimum absolute atomic E-state index is 0.0515. The first-order chi connectivity index (χ1) is 12.0.